The molecule has 3 atom stereocenters. The second-order valence-corrected chi connectivity index (χ2v) is 7.17. The highest BCUT2D eigenvalue weighted by Crippen LogP contribution is 2.16. The molecule has 1 fully saturated rings. The highest BCUT2D eigenvalue weighted by Gasteiger charge is 2.27. The van der Waals surface area contributed by atoms with Gasteiger partial charge in [-0.25, -0.2) is 0 Å². The van der Waals surface area contributed by atoms with E-state index in [-0.39, 0.29) is 5.54 Å². The molecule has 3 heteroatoms. The molecule has 0 aromatic rings. The number of rotatable bonds is 4. The second-order valence-electron chi connectivity index (χ2n) is 7.17. The van der Waals surface area contributed by atoms with Crippen LogP contribution in [-0.4, -0.2) is 60.6 Å². The molecule has 1 saturated heterocycles. The van der Waals surface area contributed by atoms with Gasteiger partial charge in [0, 0.05) is 37.3 Å². The van der Waals surface area contributed by atoms with Gasteiger partial charge in [-0.2, -0.15) is 0 Å². The van der Waals surface area contributed by atoms with Crippen molar-refractivity contribution >= 4 is 0 Å². The fourth-order valence-electron chi connectivity index (χ4n) is 2.44. The van der Waals surface area contributed by atoms with E-state index in [0.717, 1.165) is 6.54 Å². The van der Waals surface area contributed by atoms with Crippen LogP contribution in [0, 0.1) is 5.92 Å². The largest absolute Gasteiger partial charge is 0.312 e. The lowest BCUT2D eigenvalue weighted by atomic mass is 9.98. The lowest BCUT2D eigenvalue weighted by Gasteiger charge is -2.43. The summed E-state index contributed by atoms with van der Waals surface area (Å²) in [6.45, 7) is 18.5. The molecule has 0 amide bonds. The van der Waals surface area contributed by atoms with Crippen molar-refractivity contribution < 1.29 is 0 Å². The summed E-state index contributed by atoms with van der Waals surface area (Å²) in [6, 6.07) is 1.35. The molecule has 1 aliphatic heterocycles. The van der Waals surface area contributed by atoms with Crippen molar-refractivity contribution in [2.24, 2.45) is 5.92 Å². The van der Waals surface area contributed by atoms with E-state index in [1.54, 1.807) is 0 Å². The third-order valence-corrected chi connectivity index (χ3v) is 4.34. The molecular weight excluding hydrogens is 222 g/mol. The summed E-state index contributed by atoms with van der Waals surface area (Å²) < 4.78 is 0. The van der Waals surface area contributed by atoms with Crippen molar-refractivity contribution in [1.82, 2.24) is 15.1 Å². The van der Waals surface area contributed by atoms with Crippen molar-refractivity contribution in [2.45, 2.75) is 59.2 Å². The van der Waals surface area contributed by atoms with Crippen molar-refractivity contribution in [3.63, 3.8) is 0 Å². The number of hydrogen-bond acceptors (Lipinski definition) is 3. The van der Waals surface area contributed by atoms with Crippen LogP contribution in [0.1, 0.15) is 41.5 Å². The van der Waals surface area contributed by atoms with Crippen LogP contribution in [0.2, 0.25) is 0 Å². The topological polar surface area (TPSA) is 18.5 Å². The number of nitrogens with zero attached hydrogens (tertiary/aromatic N) is 2. The zero-order valence-corrected chi connectivity index (χ0v) is 13.5. The van der Waals surface area contributed by atoms with Gasteiger partial charge in [0.2, 0.25) is 0 Å². The first kappa shape index (κ1) is 15.9. The van der Waals surface area contributed by atoms with Crippen molar-refractivity contribution in [3.05, 3.63) is 0 Å². The number of hydrogen-bond donors (Lipinski definition) is 1. The van der Waals surface area contributed by atoms with Crippen LogP contribution >= 0.6 is 0 Å². The molecular formula is C15H33N3. The molecule has 0 aliphatic carbocycles. The molecule has 0 spiro atoms. The van der Waals surface area contributed by atoms with E-state index < -0.39 is 0 Å². The standard InChI is InChI=1S/C15H33N3/c1-12(10-16-15(4,5)6)14(3)18-9-8-17(7)13(2)11-18/h12-14,16H,8-11H2,1-7H3. The fraction of sp³-hybridized carbons (Fsp3) is 1.00. The normalized spacial score (nSPS) is 27.2. The molecule has 1 heterocycles. The molecule has 1 rings (SSSR count). The lowest BCUT2D eigenvalue weighted by molar-refractivity contribution is 0.0577. The first-order valence-corrected chi connectivity index (χ1v) is 7.40. The first-order chi connectivity index (χ1) is 8.20. The SMILES string of the molecule is CC(CNC(C)(C)C)C(C)N1CCN(C)C(C)C1. The Morgan fingerprint density at radius 1 is 1.22 bits per heavy atom. The van der Waals surface area contributed by atoms with E-state index >= 15 is 0 Å². The Morgan fingerprint density at radius 2 is 1.83 bits per heavy atom. The van der Waals surface area contributed by atoms with Crippen LogP contribution in [0.3, 0.4) is 0 Å². The molecule has 3 nitrogen and oxygen atoms in total. The Balaban J connectivity index is 2.41. The van der Waals surface area contributed by atoms with E-state index in [4.69, 9.17) is 0 Å². The third kappa shape index (κ3) is 4.87. The maximum absolute atomic E-state index is 3.62. The average Bonchev–Trinajstić information content (AvgIpc) is 2.27. The maximum Gasteiger partial charge on any atom is 0.0192 e. The van der Waals surface area contributed by atoms with Gasteiger partial charge in [0.25, 0.3) is 0 Å². The highest BCUT2D eigenvalue weighted by molar-refractivity contribution is 4.84. The lowest BCUT2D eigenvalue weighted by Crippen LogP contribution is -2.55. The molecule has 1 aliphatic rings. The minimum absolute atomic E-state index is 0.226. The summed E-state index contributed by atoms with van der Waals surface area (Å²) in [5, 5.41) is 3.62. The summed E-state index contributed by atoms with van der Waals surface area (Å²) in [5.41, 5.74) is 0.226. The summed E-state index contributed by atoms with van der Waals surface area (Å²) >= 11 is 0. The van der Waals surface area contributed by atoms with Crippen LogP contribution in [0.25, 0.3) is 0 Å². The van der Waals surface area contributed by atoms with Crippen LogP contribution in [0.5, 0.6) is 0 Å². The smallest absolute Gasteiger partial charge is 0.0192 e. The molecule has 0 aromatic heterocycles. The highest BCUT2D eigenvalue weighted by atomic mass is 15.3. The summed E-state index contributed by atoms with van der Waals surface area (Å²) in [6.07, 6.45) is 0. The molecule has 3 unspecified atom stereocenters. The van der Waals surface area contributed by atoms with Gasteiger partial charge in [-0.3, -0.25) is 4.90 Å². The van der Waals surface area contributed by atoms with Crippen molar-refractivity contribution in [2.75, 3.05) is 33.2 Å². The minimum atomic E-state index is 0.226. The van der Waals surface area contributed by atoms with Crippen LogP contribution in [0.4, 0.5) is 0 Å². The van der Waals surface area contributed by atoms with Gasteiger partial charge in [-0.1, -0.05) is 6.92 Å². The van der Waals surface area contributed by atoms with Crippen molar-refractivity contribution in [3.8, 4) is 0 Å². The zero-order chi connectivity index (χ0) is 13.9. The third-order valence-electron chi connectivity index (χ3n) is 4.34. The molecule has 0 radical (unpaired) electrons. The van der Waals surface area contributed by atoms with Crippen molar-refractivity contribution in [1.29, 1.82) is 0 Å². The van der Waals surface area contributed by atoms with Gasteiger partial charge >= 0.3 is 0 Å². The summed E-state index contributed by atoms with van der Waals surface area (Å²) in [5.74, 6) is 0.694. The number of nitrogens with one attached hydrogen (secondary N) is 1. The summed E-state index contributed by atoms with van der Waals surface area (Å²) in [7, 11) is 2.23. The Morgan fingerprint density at radius 3 is 2.33 bits per heavy atom. The maximum atomic E-state index is 3.62. The van der Waals surface area contributed by atoms with Gasteiger partial charge in [0.05, 0.1) is 0 Å². The van der Waals surface area contributed by atoms with E-state index in [9.17, 15) is 0 Å². The molecule has 18 heavy (non-hydrogen) atoms. The Hall–Kier alpha value is -0.120. The predicted molar refractivity (Wildman–Crippen MR) is 80.0 cm³/mol. The van der Waals surface area contributed by atoms with Gasteiger partial charge < -0.3 is 10.2 Å². The quantitative estimate of drug-likeness (QED) is 0.829. The Kier molecular flexibility index (Phi) is 5.63. The van der Waals surface area contributed by atoms with E-state index in [1.807, 2.05) is 0 Å². The fourth-order valence-corrected chi connectivity index (χ4v) is 2.44. The van der Waals surface area contributed by atoms with E-state index in [2.05, 4.69) is 63.7 Å². The van der Waals surface area contributed by atoms with Gasteiger partial charge in [0.15, 0.2) is 0 Å². The molecule has 0 saturated carbocycles. The Labute approximate surface area is 114 Å². The first-order valence-electron chi connectivity index (χ1n) is 7.40. The zero-order valence-electron chi connectivity index (χ0n) is 13.5. The summed E-state index contributed by atoms with van der Waals surface area (Å²) in [4.78, 5) is 5.11. The molecule has 108 valence electrons. The predicted octanol–water partition coefficient (Wildman–Crippen LogP) is 2.04. The van der Waals surface area contributed by atoms with Gasteiger partial charge in [-0.05, 0) is 54.1 Å². The molecule has 0 aromatic carbocycles. The minimum Gasteiger partial charge on any atom is -0.312 e. The average molecular weight is 255 g/mol. The van der Waals surface area contributed by atoms with E-state index in [1.165, 1.54) is 19.6 Å². The van der Waals surface area contributed by atoms with Crippen LogP contribution in [0.15, 0.2) is 0 Å². The van der Waals surface area contributed by atoms with E-state index in [0.29, 0.717) is 18.0 Å². The molecule has 1 N–H and O–H groups in total. The number of piperazine rings is 1. The van der Waals surface area contributed by atoms with Crippen LogP contribution < -0.4 is 5.32 Å². The van der Waals surface area contributed by atoms with Gasteiger partial charge in [0.1, 0.15) is 0 Å². The number of likely N-dealkylation sites (N-methyl/N-ethyl adjacent to an activating group) is 1. The monoisotopic (exact) mass is 255 g/mol. The van der Waals surface area contributed by atoms with Crippen LogP contribution in [-0.2, 0) is 0 Å². The Bertz CT molecular complexity index is 247. The van der Waals surface area contributed by atoms with Gasteiger partial charge in [-0.15, -0.1) is 0 Å². The second kappa shape index (κ2) is 6.36. The molecule has 0 bridgehead atoms.